The average Bonchev–Trinajstić information content (AvgIpc) is 3.28. The zero-order valence-corrected chi connectivity index (χ0v) is 13.3. The van der Waals surface area contributed by atoms with E-state index in [0.717, 1.165) is 17.9 Å². The lowest BCUT2D eigenvalue weighted by Crippen LogP contribution is -1.96. The molecule has 5 heteroatoms. The fraction of sp³-hybridized carbons (Fsp3) is 0.263. The fourth-order valence-electron chi connectivity index (χ4n) is 2.85. The lowest BCUT2D eigenvalue weighted by atomic mass is 10.1. The molecule has 24 heavy (non-hydrogen) atoms. The summed E-state index contributed by atoms with van der Waals surface area (Å²) in [6.45, 7) is 0.507. The maximum Gasteiger partial charge on any atom is 0.254 e. The predicted molar refractivity (Wildman–Crippen MR) is 87.9 cm³/mol. The molecule has 2 aromatic carbocycles. The summed E-state index contributed by atoms with van der Waals surface area (Å²) < 4.78 is 16.9. The Morgan fingerprint density at radius 3 is 2.29 bits per heavy atom. The number of para-hydroxylation sites is 1. The van der Waals surface area contributed by atoms with Gasteiger partial charge >= 0.3 is 0 Å². The van der Waals surface area contributed by atoms with Gasteiger partial charge in [0.05, 0.1) is 0 Å². The van der Waals surface area contributed by atoms with E-state index in [4.69, 9.17) is 13.9 Å². The largest absolute Gasteiger partial charge is 0.484 e. The number of rotatable bonds is 6. The molecule has 1 aliphatic rings. The van der Waals surface area contributed by atoms with Crippen LogP contribution in [0.1, 0.15) is 29.3 Å². The zero-order chi connectivity index (χ0) is 16.2. The number of ether oxygens (including phenoxy) is 2. The minimum atomic E-state index is 0.246. The van der Waals surface area contributed by atoms with Crippen LogP contribution in [-0.2, 0) is 26.1 Å². The van der Waals surface area contributed by atoms with E-state index in [2.05, 4.69) is 22.3 Å². The van der Waals surface area contributed by atoms with Crippen molar-refractivity contribution in [1.29, 1.82) is 0 Å². The van der Waals surface area contributed by atoms with E-state index in [1.807, 2.05) is 36.4 Å². The van der Waals surface area contributed by atoms with E-state index in [1.165, 1.54) is 24.0 Å². The van der Waals surface area contributed by atoms with Crippen molar-refractivity contribution in [3.8, 4) is 11.5 Å². The Balaban J connectivity index is 1.32. The van der Waals surface area contributed by atoms with Crippen LogP contribution < -0.4 is 9.47 Å². The number of aryl methyl sites for hydroxylation is 2. The van der Waals surface area contributed by atoms with Crippen molar-refractivity contribution in [3.63, 3.8) is 0 Å². The average molecular weight is 322 g/mol. The van der Waals surface area contributed by atoms with Crippen molar-refractivity contribution in [1.82, 2.24) is 10.2 Å². The Kier molecular flexibility index (Phi) is 4.14. The molecule has 4 rings (SSSR count). The molecule has 0 unspecified atom stereocenters. The van der Waals surface area contributed by atoms with Gasteiger partial charge in [0.1, 0.15) is 11.5 Å². The summed E-state index contributed by atoms with van der Waals surface area (Å²) in [6.07, 6.45) is 3.53. The molecule has 0 aliphatic heterocycles. The van der Waals surface area contributed by atoms with Crippen LogP contribution in [-0.4, -0.2) is 10.2 Å². The van der Waals surface area contributed by atoms with Gasteiger partial charge in [-0.3, -0.25) is 0 Å². The molecule has 0 N–H and O–H groups in total. The van der Waals surface area contributed by atoms with Crippen LogP contribution in [0.15, 0.2) is 52.9 Å². The second kappa shape index (κ2) is 6.74. The summed E-state index contributed by atoms with van der Waals surface area (Å²) in [5.74, 6) is 2.50. The third-order valence-corrected chi connectivity index (χ3v) is 4.05. The monoisotopic (exact) mass is 322 g/mol. The van der Waals surface area contributed by atoms with Crippen molar-refractivity contribution >= 4 is 0 Å². The minimum absolute atomic E-state index is 0.246. The number of fused-ring (bicyclic) bond motifs is 1. The van der Waals surface area contributed by atoms with Gasteiger partial charge in [-0.1, -0.05) is 24.3 Å². The van der Waals surface area contributed by atoms with Crippen LogP contribution in [0.2, 0.25) is 0 Å². The SMILES string of the molecule is c1ccc(OCc2nnc(COc3ccc4c(c3)CCC4)o2)cc1. The first-order valence-corrected chi connectivity index (χ1v) is 8.10. The molecular weight excluding hydrogens is 304 g/mol. The van der Waals surface area contributed by atoms with E-state index in [0.29, 0.717) is 11.8 Å². The van der Waals surface area contributed by atoms with Crippen LogP contribution >= 0.6 is 0 Å². The Bertz CT molecular complexity index is 814. The van der Waals surface area contributed by atoms with Gasteiger partial charge in [-0.05, 0) is 54.7 Å². The summed E-state index contributed by atoms with van der Waals surface area (Å²) in [4.78, 5) is 0. The maximum absolute atomic E-state index is 5.76. The second-order valence-electron chi connectivity index (χ2n) is 5.76. The molecular formula is C19H18N2O3. The van der Waals surface area contributed by atoms with Gasteiger partial charge in [0, 0.05) is 0 Å². The number of hydrogen-bond acceptors (Lipinski definition) is 5. The topological polar surface area (TPSA) is 57.4 Å². The van der Waals surface area contributed by atoms with Crippen LogP contribution in [0.4, 0.5) is 0 Å². The molecule has 5 nitrogen and oxygen atoms in total. The number of benzene rings is 2. The highest BCUT2D eigenvalue weighted by Crippen LogP contribution is 2.26. The molecule has 0 radical (unpaired) electrons. The third-order valence-electron chi connectivity index (χ3n) is 4.05. The Labute approximate surface area is 140 Å². The summed E-state index contributed by atoms with van der Waals surface area (Å²) in [6, 6.07) is 15.8. The molecule has 0 fully saturated rings. The molecule has 0 spiro atoms. The van der Waals surface area contributed by atoms with Crippen molar-refractivity contribution < 1.29 is 13.9 Å². The normalized spacial score (nSPS) is 12.8. The molecule has 0 amide bonds. The highest BCUT2D eigenvalue weighted by molar-refractivity contribution is 5.38. The molecule has 0 saturated heterocycles. The van der Waals surface area contributed by atoms with E-state index < -0.39 is 0 Å². The maximum atomic E-state index is 5.76. The number of nitrogens with zero attached hydrogens (tertiary/aromatic N) is 2. The van der Waals surface area contributed by atoms with Crippen LogP contribution in [0.25, 0.3) is 0 Å². The van der Waals surface area contributed by atoms with Gasteiger partial charge < -0.3 is 13.9 Å². The van der Waals surface area contributed by atoms with Gasteiger partial charge in [-0.25, -0.2) is 0 Å². The molecule has 1 aliphatic carbocycles. The first kappa shape index (κ1) is 14.8. The van der Waals surface area contributed by atoms with Crippen LogP contribution in [0, 0.1) is 0 Å². The quantitative estimate of drug-likeness (QED) is 0.692. The van der Waals surface area contributed by atoms with Crippen molar-refractivity contribution in [2.75, 3.05) is 0 Å². The Morgan fingerprint density at radius 1 is 0.792 bits per heavy atom. The smallest absolute Gasteiger partial charge is 0.254 e. The van der Waals surface area contributed by atoms with Crippen molar-refractivity contribution in [2.24, 2.45) is 0 Å². The minimum Gasteiger partial charge on any atom is -0.484 e. The number of hydrogen-bond donors (Lipinski definition) is 0. The van der Waals surface area contributed by atoms with E-state index in [9.17, 15) is 0 Å². The predicted octanol–water partition coefficient (Wildman–Crippen LogP) is 3.72. The summed E-state index contributed by atoms with van der Waals surface area (Å²) >= 11 is 0. The van der Waals surface area contributed by atoms with E-state index in [-0.39, 0.29) is 13.2 Å². The standard InChI is InChI=1S/C19H18N2O3/c1-2-7-16(8-3-1)22-12-18-20-21-19(24-18)13-23-17-10-9-14-5-4-6-15(14)11-17/h1-3,7-11H,4-6,12-13H2. The highest BCUT2D eigenvalue weighted by Gasteiger charge is 2.12. The first-order chi connectivity index (χ1) is 11.9. The highest BCUT2D eigenvalue weighted by atomic mass is 16.5. The third kappa shape index (κ3) is 3.40. The van der Waals surface area contributed by atoms with E-state index >= 15 is 0 Å². The van der Waals surface area contributed by atoms with Crippen LogP contribution in [0.3, 0.4) is 0 Å². The Hall–Kier alpha value is -2.82. The molecule has 0 atom stereocenters. The molecule has 3 aromatic rings. The molecule has 0 saturated carbocycles. The van der Waals surface area contributed by atoms with Crippen molar-refractivity contribution in [3.05, 3.63) is 71.4 Å². The lowest BCUT2D eigenvalue weighted by molar-refractivity contribution is 0.231. The second-order valence-corrected chi connectivity index (χ2v) is 5.76. The summed E-state index contributed by atoms with van der Waals surface area (Å²) in [7, 11) is 0. The van der Waals surface area contributed by atoms with Crippen LogP contribution in [0.5, 0.6) is 11.5 Å². The molecule has 1 aromatic heterocycles. The number of aromatic nitrogens is 2. The van der Waals surface area contributed by atoms with Gasteiger partial charge in [0.2, 0.25) is 0 Å². The van der Waals surface area contributed by atoms with Gasteiger partial charge in [-0.2, -0.15) is 0 Å². The summed E-state index contributed by atoms with van der Waals surface area (Å²) in [5.41, 5.74) is 2.82. The lowest BCUT2D eigenvalue weighted by Gasteiger charge is -2.06. The van der Waals surface area contributed by atoms with E-state index in [1.54, 1.807) is 0 Å². The summed E-state index contributed by atoms with van der Waals surface area (Å²) in [5, 5.41) is 7.97. The first-order valence-electron chi connectivity index (χ1n) is 8.10. The fourth-order valence-corrected chi connectivity index (χ4v) is 2.85. The Morgan fingerprint density at radius 2 is 1.50 bits per heavy atom. The zero-order valence-electron chi connectivity index (χ0n) is 13.3. The molecule has 0 bridgehead atoms. The molecule has 122 valence electrons. The van der Waals surface area contributed by atoms with Gasteiger partial charge in [-0.15, -0.1) is 10.2 Å². The van der Waals surface area contributed by atoms with Crippen molar-refractivity contribution in [2.45, 2.75) is 32.5 Å². The molecule has 1 heterocycles. The van der Waals surface area contributed by atoms with Gasteiger partial charge in [0.25, 0.3) is 11.8 Å². The van der Waals surface area contributed by atoms with Gasteiger partial charge in [0.15, 0.2) is 13.2 Å².